The molecular formula is C30H25NO4. The van der Waals surface area contributed by atoms with Crippen molar-refractivity contribution in [2.24, 2.45) is 0 Å². The van der Waals surface area contributed by atoms with Crippen LogP contribution in [0.4, 0.5) is 11.4 Å². The zero-order chi connectivity index (χ0) is 24.2. The van der Waals surface area contributed by atoms with Gasteiger partial charge in [0.2, 0.25) is 0 Å². The fourth-order valence-corrected chi connectivity index (χ4v) is 5.17. The Morgan fingerprint density at radius 1 is 0.829 bits per heavy atom. The van der Waals surface area contributed by atoms with Crippen molar-refractivity contribution >= 4 is 17.3 Å². The Labute approximate surface area is 204 Å². The highest BCUT2D eigenvalue weighted by Gasteiger charge is 2.53. The Morgan fingerprint density at radius 3 is 2.37 bits per heavy atom. The minimum Gasteiger partial charge on any atom is -0.497 e. The normalized spacial score (nSPS) is 17.2. The molecule has 2 aliphatic heterocycles. The highest BCUT2D eigenvalue weighted by Crippen LogP contribution is 2.57. The van der Waals surface area contributed by atoms with E-state index in [-0.39, 0.29) is 5.97 Å². The number of methoxy groups -OCH3 is 1. The van der Waals surface area contributed by atoms with Crippen molar-refractivity contribution in [3.05, 3.63) is 113 Å². The number of ether oxygens (including phenoxy) is 3. The Kier molecular flexibility index (Phi) is 4.81. The topological polar surface area (TPSA) is 48.0 Å². The van der Waals surface area contributed by atoms with Gasteiger partial charge in [-0.25, -0.2) is 4.79 Å². The Balaban J connectivity index is 1.56. The number of hydrogen-bond donors (Lipinski definition) is 0. The van der Waals surface area contributed by atoms with Crippen LogP contribution in [0.1, 0.15) is 39.5 Å². The third-order valence-electron chi connectivity index (χ3n) is 6.88. The van der Waals surface area contributed by atoms with Gasteiger partial charge in [-0.1, -0.05) is 35.9 Å². The van der Waals surface area contributed by atoms with Crippen LogP contribution in [0.2, 0.25) is 0 Å². The largest absolute Gasteiger partial charge is 0.497 e. The van der Waals surface area contributed by atoms with Crippen LogP contribution in [0.25, 0.3) is 0 Å². The van der Waals surface area contributed by atoms with Crippen LogP contribution in [0.3, 0.4) is 0 Å². The number of anilines is 2. The lowest BCUT2D eigenvalue weighted by Crippen LogP contribution is -2.33. The van der Waals surface area contributed by atoms with Crippen molar-refractivity contribution in [2.75, 3.05) is 18.6 Å². The van der Waals surface area contributed by atoms with Crippen LogP contribution in [0.15, 0.2) is 84.9 Å². The molecule has 0 radical (unpaired) electrons. The number of rotatable bonds is 4. The molecule has 0 fully saturated rings. The van der Waals surface area contributed by atoms with Crippen molar-refractivity contribution in [1.29, 1.82) is 0 Å². The second-order valence-corrected chi connectivity index (χ2v) is 8.84. The number of esters is 1. The van der Waals surface area contributed by atoms with E-state index in [0.717, 1.165) is 34.6 Å². The summed E-state index contributed by atoms with van der Waals surface area (Å²) >= 11 is 0. The van der Waals surface area contributed by atoms with E-state index in [1.54, 1.807) is 7.11 Å². The maximum Gasteiger partial charge on any atom is 0.340 e. The van der Waals surface area contributed by atoms with Crippen molar-refractivity contribution in [1.82, 2.24) is 0 Å². The summed E-state index contributed by atoms with van der Waals surface area (Å²) in [6, 6.07) is 27.8. The van der Waals surface area contributed by atoms with Crippen LogP contribution in [-0.2, 0) is 10.3 Å². The summed E-state index contributed by atoms with van der Waals surface area (Å²) in [5.74, 6) is 1.62. The quantitative estimate of drug-likeness (QED) is 0.314. The number of aryl methyl sites for hydroxylation is 1. The van der Waals surface area contributed by atoms with Gasteiger partial charge in [0.1, 0.15) is 17.2 Å². The standard InChI is InChI=1S/C30H25NO4/c1-4-31(20-11-9-19(2)10-12-20)21-13-15-25-28(17-21)34-27-16-14-22(33-3)18-26(27)30(25)24-8-6-5-7-23(24)29(32)35-30/h5-18H,4H2,1-3H3. The first-order valence-corrected chi connectivity index (χ1v) is 11.7. The summed E-state index contributed by atoms with van der Waals surface area (Å²) in [6.07, 6.45) is 0. The molecule has 0 amide bonds. The molecule has 2 aliphatic rings. The van der Waals surface area contributed by atoms with Crippen molar-refractivity contribution in [2.45, 2.75) is 19.4 Å². The number of fused-ring (bicyclic) bond motifs is 6. The molecule has 35 heavy (non-hydrogen) atoms. The van der Waals surface area contributed by atoms with E-state index in [9.17, 15) is 4.79 Å². The minimum absolute atomic E-state index is 0.346. The molecule has 0 bridgehead atoms. The Hall–Kier alpha value is -4.25. The maximum absolute atomic E-state index is 13.0. The van der Waals surface area contributed by atoms with E-state index in [1.807, 2.05) is 54.6 Å². The average Bonchev–Trinajstić information content (AvgIpc) is 3.18. The molecule has 174 valence electrons. The van der Waals surface area contributed by atoms with Crippen LogP contribution in [0.5, 0.6) is 17.2 Å². The van der Waals surface area contributed by atoms with Gasteiger partial charge in [0.15, 0.2) is 5.60 Å². The van der Waals surface area contributed by atoms with E-state index in [4.69, 9.17) is 14.2 Å². The molecule has 1 unspecified atom stereocenters. The molecule has 4 aromatic carbocycles. The number of carbonyl (C=O) groups is 1. The maximum atomic E-state index is 13.0. The van der Waals surface area contributed by atoms with Crippen LogP contribution < -0.4 is 14.4 Å². The van der Waals surface area contributed by atoms with Gasteiger partial charge in [-0.2, -0.15) is 0 Å². The number of carbonyl (C=O) groups excluding carboxylic acids is 1. The first-order valence-electron chi connectivity index (χ1n) is 11.7. The van der Waals surface area contributed by atoms with Gasteiger partial charge in [0, 0.05) is 35.1 Å². The molecule has 5 nitrogen and oxygen atoms in total. The number of benzene rings is 4. The third-order valence-corrected chi connectivity index (χ3v) is 6.88. The Bertz CT molecular complexity index is 1460. The highest BCUT2D eigenvalue weighted by atomic mass is 16.6. The van der Waals surface area contributed by atoms with Gasteiger partial charge in [0.25, 0.3) is 0 Å². The van der Waals surface area contributed by atoms with Gasteiger partial charge in [-0.15, -0.1) is 0 Å². The second kappa shape index (κ2) is 7.91. The lowest BCUT2D eigenvalue weighted by atomic mass is 9.77. The van der Waals surface area contributed by atoms with Crippen molar-refractivity contribution in [3.8, 4) is 17.2 Å². The van der Waals surface area contributed by atoms with E-state index < -0.39 is 5.60 Å². The molecule has 1 spiro atoms. The Morgan fingerprint density at radius 2 is 1.60 bits per heavy atom. The van der Waals surface area contributed by atoms with E-state index in [1.165, 1.54) is 5.56 Å². The highest BCUT2D eigenvalue weighted by molar-refractivity contribution is 5.97. The van der Waals surface area contributed by atoms with Gasteiger partial charge < -0.3 is 19.1 Å². The van der Waals surface area contributed by atoms with Gasteiger partial charge >= 0.3 is 5.97 Å². The van der Waals surface area contributed by atoms with Crippen molar-refractivity contribution < 1.29 is 19.0 Å². The monoisotopic (exact) mass is 463 g/mol. The molecule has 0 N–H and O–H groups in total. The smallest absolute Gasteiger partial charge is 0.340 e. The number of nitrogens with zero attached hydrogens (tertiary/aromatic N) is 1. The van der Waals surface area contributed by atoms with Crippen LogP contribution >= 0.6 is 0 Å². The molecule has 0 saturated carbocycles. The molecule has 6 rings (SSSR count). The minimum atomic E-state index is -1.11. The first kappa shape index (κ1) is 21.3. The van der Waals surface area contributed by atoms with Gasteiger partial charge in [0.05, 0.1) is 18.2 Å². The van der Waals surface area contributed by atoms with Crippen molar-refractivity contribution in [3.63, 3.8) is 0 Å². The predicted octanol–water partition coefficient (Wildman–Crippen LogP) is 6.73. The van der Waals surface area contributed by atoms with Crippen LogP contribution in [-0.4, -0.2) is 19.6 Å². The first-order chi connectivity index (χ1) is 17.0. The van der Waals surface area contributed by atoms with E-state index in [2.05, 4.69) is 49.1 Å². The molecule has 0 aliphatic carbocycles. The molecular weight excluding hydrogens is 438 g/mol. The molecule has 2 heterocycles. The molecule has 4 aromatic rings. The second-order valence-electron chi connectivity index (χ2n) is 8.84. The molecule has 5 heteroatoms. The summed E-state index contributed by atoms with van der Waals surface area (Å²) in [4.78, 5) is 15.3. The third kappa shape index (κ3) is 3.12. The van der Waals surface area contributed by atoms with Gasteiger partial charge in [-0.05, 0) is 62.4 Å². The lowest BCUT2D eigenvalue weighted by Gasteiger charge is -2.37. The number of hydrogen-bond acceptors (Lipinski definition) is 5. The fourth-order valence-electron chi connectivity index (χ4n) is 5.17. The predicted molar refractivity (Wildman–Crippen MR) is 135 cm³/mol. The molecule has 0 saturated heterocycles. The zero-order valence-electron chi connectivity index (χ0n) is 19.9. The SMILES string of the molecule is CCN(c1ccc(C)cc1)c1ccc2c(c1)Oc1ccc(OC)cc1C21OC(=O)c2ccccc21. The van der Waals surface area contributed by atoms with Gasteiger partial charge in [-0.3, -0.25) is 0 Å². The molecule has 0 aromatic heterocycles. The summed E-state index contributed by atoms with van der Waals surface area (Å²) < 4.78 is 18.2. The summed E-state index contributed by atoms with van der Waals surface area (Å²) in [7, 11) is 1.62. The summed E-state index contributed by atoms with van der Waals surface area (Å²) in [5, 5.41) is 0. The lowest BCUT2D eigenvalue weighted by molar-refractivity contribution is 0.0223. The van der Waals surface area contributed by atoms with E-state index in [0.29, 0.717) is 22.8 Å². The summed E-state index contributed by atoms with van der Waals surface area (Å²) in [5.41, 5.74) is 5.13. The van der Waals surface area contributed by atoms with Crippen LogP contribution in [0, 0.1) is 6.92 Å². The summed E-state index contributed by atoms with van der Waals surface area (Å²) in [6.45, 7) is 5.00. The molecule has 1 atom stereocenters. The van der Waals surface area contributed by atoms with E-state index >= 15 is 0 Å². The fraction of sp³-hybridized carbons (Fsp3) is 0.167. The average molecular weight is 464 g/mol. The zero-order valence-corrected chi connectivity index (χ0v) is 19.9.